The Bertz CT molecular complexity index is 740. The van der Waals surface area contributed by atoms with E-state index in [-0.39, 0.29) is 34.8 Å². The fraction of sp³-hybridized carbons (Fsp3) is 0.632. The van der Waals surface area contributed by atoms with E-state index in [2.05, 4.69) is 67.5 Å². The largest absolute Gasteiger partial charge is 0.443 e. The zero-order valence-corrected chi connectivity index (χ0v) is 20.5. The van der Waals surface area contributed by atoms with Gasteiger partial charge in [0.05, 0.1) is 23.4 Å². The summed E-state index contributed by atoms with van der Waals surface area (Å²) in [5, 5.41) is 9.83. The summed E-state index contributed by atoms with van der Waals surface area (Å²) < 4.78 is 5.79. The third kappa shape index (κ3) is 7.40. The number of oxazole rings is 1. The minimum Gasteiger partial charge on any atom is -0.443 e. The number of nitrogens with zero attached hydrogens (tertiary/aromatic N) is 3. The van der Waals surface area contributed by atoms with E-state index >= 15 is 0 Å². The molecule has 152 valence electrons. The summed E-state index contributed by atoms with van der Waals surface area (Å²) in [5.74, 6) is 2.27. The molecule has 0 amide bonds. The molecular weight excluding hydrogens is 473 g/mol. The van der Waals surface area contributed by atoms with Crippen molar-refractivity contribution < 1.29 is 4.42 Å². The molecule has 2 rings (SSSR count). The average Bonchev–Trinajstić information content (AvgIpc) is 3.18. The Morgan fingerprint density at radius 1 is 1.15 bits per heavy atom. The summed E-state index contributed by atoms with van der Waals surface area (Å²) in [6.07, 6.45) is 2.66. The highest BCUT2D eigenvalue weighted by Crippen LogP contribution is 2.24. The van der Waals surface area contributed by atoms with Gasteiger partial charge in [-0.25, -0.2) is 9.97 Å². The van der Waals surface area contributed by atoms with Crippen LogP contribution in [0.25, 0.3) is 0 Å². The zero-order valence-electron chi connectivity index (χ0n) is 17.3. The number of guanidine groups is 1. The van der Waals surface area contributed by atoms with Gasteiger partial charge in [-0.3, -0.25) is 4.99 Å². The number of hydrogen-bond acceptors (Lipinski definition) is 5. The van der Waals surface area contributed by atoms with Gasteiger partial charge in [-0.1, -0.05) is 41.5 Å². The van der Waals surface area contributed by atoms with Crippen molar-refractivity contribution in [1.29, 1.82) is 0 Å². The third-order valence-electron chi connectivity index (χ3n) is 3.87. The lowest BCUT2D eigenvalue weighted by molar-refractivity contribution is 0.379. The van der Waals surface area contributed by atoms with Gasteiger partial charge >= 0.3 is 0 Å². The standard InChI is InChI=1S/C19H31N5OS.HI/c1-18(2,3)13-12-26-16(24-13)8-9-21-17(20-7)23-11-15-22-10-14(25-15)19(4,5)6;/h10,12H,8-9,11H2,1-7H3,(H2,20,21,23);1H. The molecule has 27 heavy (non-hydrogen) atoms. The second-order valence-corrected chi connectivity index (χ2v) is 9.29. The highest BCUT2D eigenvalue weighted by atomic mass is 127. The fourth-order valence-corrected chi connectivity index (χ4v) is 3.20. The molecule has 0 fully saturated rings. The van der Waals surface area contributed by atoms with Crippen molar-refractivity contribution in [3.8, 4) is 0 Å². The molecule has 0 aromatic carbocycles. The van der Waals surface area contributed by atoms with Crippen LogP contribution in [-0.4, -0.2) is 29.5 Å². The molecular formula is C19H32IN5OS. The molecule has 0 saturated carbocycles. The second-order valence-electron chi connectivity index (χ2n) is 8.35. The summed E-state index contributed by atoms with van der Waals surface area (Å²) in [4.78, 5) is 13.3. The molecule has 6 nitrogen and oxygen atoms in total. The van der Waals surface area contributed by atoms with Crippen LogP contribution < -0.4 is 10.6 Å². The molecule has 2 N–H and O–H groups in total. The lowest BCUT2D eigenvalue weighted by atomic mass is 9.93. The lowest BCUT2D eigenvalue weighted by Crippen LogP contribution is -2.37. The molecule has 2 aromatic rings. The van der Waals surface area contributed by atoms with Crippen LogP contribution in [0.15, 0.2) is 21.0 Å². The maximum absolute atomic E-state index is 5.79. The SMILES string of the molecule is CN=C(NCCc1nc(C(C)(C)C)cs1)NCc1ncc(C(C)(C)C)o1.I. The zero-order chi connectivity index (χ0) is 19.4. The van der Waals surface area contributed by atoms with Gasteiger partial charge in [-0.15, -0.1) is 35.3 Å². The Morgan fingerprint density at radius 2 is 1.85 bits per heavy atom. The molecule has 0 aliphatic heterocycles. The van der Waals surface area contributed by atoms with E-state index in [0.717, 1.165) is 35.4 Å². The molecule has 0 aliphatic carbocycles. The predicted octanol–water partition coefficient (Wildman–Crippen LogP) is 4.25. The van der Waals surface area contributed by atoms with Gasteiger partial charge in [0.25, 0.3) is 0 Å². The van der Waals surface area contributed by atoms with Crippen LogP contribution in [0.1, 0.15) is 63.9 Å². The normalized spacial score (nSPS) is 12.6. The second kappa shape index (κ2) is 9.86. The monoisotopic (exact) mass is 505 g/mol. The topological polar surface area (TPSA) is 75.3 Å². The first kappa shape index (κ1) is 23.9. The Hall–Kier alpha value is -1.16. The average molecular weight is 505 g/mol. The van der Waals surface area contributed by atoms with Crippen molar-refractivity contribution in [3.63, 3.8) is 0 Å². The van der Waals surface area contributed by atoms with Crippen LogP contribution in [0.3, 0.4) is 0 Å². The van der Waals surface area contributed by atoms with E-state index in [9.17, 15) is 0 Å². The number of aliphatic imine (C=N–C) groups is 1. The van der Waals surface area contributed by atoms with Gasteiger partial charge in [-0.2, -0.15) is 0 Å². The van der Waals surface area contributed by atoms with Crippen LogP contribution in [0.2, 0.25) is 0 Å². The molecule has 2 aromatic heterocycles. The van der Waals surface area contributed by atoms with E-state index in [4.69, 9.17) is 9.40 Å². The van der Waals surface area contributed by atoms with Gasteiger partial charge in [0.2, 0.25) is 5.89 Å². The minimum absolute atomic E-state index is 0. The molecule has 2 heterocycles. The number of aromatic nitrogens is 2. The summed E-state index contributed by atoms with van der Waals surface area (Å²) in [6.45, 7) is 14.1. The molecule has 0 unspecified atom stereocenters. The summed E-state index contributed by atoms with van der Waals surface area (Å²) >= 11 is 1.71. The molecule has 0 bridgehead atoms. The van der Waals surface area contributed by atoms with Crippen molar-refractivity contribution in [2.24, 2.45) is 4.99 Å². The highest BCUT2D eigenvalue weighted by molar-refractivity contribution is 14.0. The van der Waals surface area contributed by atoms with E-state index in [1.807, 2.05) is 0 Å². The molecule has 0 atom stereocenters. The van der Waals surface area contributed by atoms with Gasteiger partial charge in [0, 0.05) is 36.2 Å². The van der Waals surface area contributed by atoms with Crippen molar-refractivity contribution in [2.45, 2.75) is 65.3 Å². The lowest BCUT2D eigenvalue weighted by Gasteiger charge is -2.14. The van der Waals surface area contributed by atoms with E-state index in [1.165, 1.54) is 0 Å². The smallest absolute Gasteiger partial charge is 0.213 e. The Balaban J connectivity index is 0.00000364. The van der Waals surface area contributed by atoms with Gasteiger partial charge < -0.3 is 15.1 Å². The first-order valence-corrected chi connectivity index (χ1v) is 9.82. The molecule has 0 spiro atoms. The minimum atomic E-state index is -0.0369. The number of nitrogens with one attached hydrogen (secondary N) is 2. The summed E-state index contributed by atoms with van der Waals surface area (Å²) in [5.41, 5.74) is 1.21. The fourth-order valence-electron chi connectivity index (χ4n) is 2.18. The van der Waals surface area contributed by atoms with E-state index < -0.39 is 0 Å². The Labute approximate surface area is 183 Å². The molecule has 0 radical (unpaired) electrons. The molecule has 0 saturated heterocycles. The summed E-state index contributed by atoms with van der Waals surface area (Å²) in [6, 6.07) is 0. The van der Waals surface area contributed by atoms with Gasteiger partial charge in [0.1, 0.15) is 5.76 Å². The van der Waals surface area contributed by atoms with Gasteiger partial charge in [-0.05, 0) is 0 Å². The molecule has 0 aliphatic rings. The third-order valence-corrected chi connectivity index (χ3v) is 4.78. The van der Waals surface area contributed by atoms with E-state index in [0.29, 0.717) is 12.4 Å². The van der Waals surface area contributed by atoms with Crippen LogP contribution >= 0.6 is 35.3 Å². The summed E-state index contributed by atoms with van der Waals surface area (Å²) in [7, 11) is 1.76. The predicted molar refractivity (Wildman–Crippen MR) is 123 cm³/mol. The van der Waals surface area contributed by atoms with Crippen molar-refractivity contribution >= 4 is 41.3 Å². The molecule has 8 heteroatoms. The quantitative estimate of drug-likeness (QED) is 0.361. The van der Waals surface area contributed by atoms with Crippen LogP contribution in [-0.2, 0) is 23.8 Å². The van der Waals surface area contributed by atoms with Crippen LogP contribution in [0.4, 0.5) is 0 Å². The number of thiazole rings is 1. The van der Waals surface area contributed by atoms with Crippen molar-refractivity contribution in [1.82, 2.24) is 20.6 Å². The number of hydrogen-bond donors (Lipinski definition) is 2. The maximum atomic E-state index is 5.79. The highest BCUT2D eigenvalue weighted by Gasteiger charge is 2.19. The van der Waals surface area contributed by atoms with Gasteiger partial charge in [0.15, 0.2) is 5.96 Å². The van der Waals surface area contributed by atoms with Crippen molar-refractivity contribution in [3.05, 3.63) is 33.9 Å². The number of rotatable bonds is 5. The number of halogens is 1. The first-order chi connectivity index (χ1) is 12.1. The van der Waals surface area contributed by atoms with E-state index in [1.54, 1.807) is 24.6 Å². The van der Waals surface area contributed by atoms with Crippen LogP contribution in [0.5, 0.6) is 0 Å². The Morgan fingerprint density at radius 3 is 2.37 bits per heavy atom. The van der Waals surface area contributed by atoms with Crippen molar-refractivity contribution in [2.75, 3.05) is 13.6 Å². The maximum Gasteiger partial charge on any atom is 0.213 e. The Kier molecular flexibility index (Phi) is 8.72. The first-order valence-electron chi connectivity index (χ1n) is 8.94. The van der Waals surface area contributed by atoms with Crippen LogP contribution in [0, 0.1) is 0 Å².